The van der Waals surface area contributed by atoms with Gasteiger partial charge in [0.25, 0.3) is 0 Å². The number of carboxylic acid groups (broad SMARTS) is 1. The molecule has 6 heteroatoms. The zero-order chi connectivity index (χ0) is 13.4. The monoisotopic (exact) mass is 256 g/mol. The summed E-state index contributed by atoms with van der Waals surface area (Å²) in [6.45, 7) is 0.229. The first-order valence-electron chi connectivity index (χ1n) is 6.19. The molecule has 6 nitrogen and oxygen atoms in total. The number of hydrogen-bond acceptors (Lipinski definition) is 3. The van der Waals surface area contributed by atoms with E-state index < -0.39 is 18.0 Å². The molecular formula is C12H20N2O4. The number of carbonyl (C=O) groups is 2. The molecule has 0 saturated heterocycles. The zero-order valence-corrected chi connectivity index (χ0v) is 10.3. The van der Waals surface area contributed by atoms with Gasteiger partial charge < -0.3 is 20.8 Å². The maximum absolute atomic E-state index is 11.4. The summed E-state index contributed by atoms with van der Waals surface area (Å²) < 4.78 is 0. The predicted octanol–water partition coefficient (Wildman–Crippen LogP) is 0.622. The first kappa shape index (κ1) is 14.5. The zero-order valence-electron chi connectivity index (χ0n) is 10.3. The summed E-state index contributed by atoms with van der Waals surface area (Å²) in [6, 6.07) is -1.55. The summed E-state index contributed by atoms with van der Waals surface area (Å²) >= 11 is 0. The third kappa shape index (κ3) is 5.18. The van der Waals surface area contributed by atoms with E-state index in [9.17, 15) is 9.59 Å². The summed E-state index contributed by atoms with van der Waals surface area (Å²) in [5.41, 5.74) is 1.35. The highest BCUT2D eigenvalue weighted by Gasteiger charge is 2.18. The van der Waals surface area contributed by atoms with Crippen LogP contribution in [-0.2, 0) is 4.79 Å². The van der Waals surface area contributed by atoms with Crippen molar-refractivity contribution in [3.05, 3.63) is 11.6 Å². The smallest absolute Gasteiger partial charge is 0.326 e. The second-order valence-electron chi connectivity index (χ2n) is 4.31. The van der Waals surface area contributed by atoms with Crippen molar-refractivity contribution in [3.63, 3.8) is 0 Å². The van der Waals surface area contributed by atoms with Crippen LogP contribution in [0.5, 0.6) is 0 Å². The Kier molecular flexibility index (Phi) is 6.21. The molecule has 0 aromatic heterocycles. The van der Waals surface area contributed by atoms with Crippen LogP contribution in [0.25, 0.3) is 0 Å². The van der Waals surface area contributed by atoms with Gasteiger partial charge in [0.2, 0.25) is 0 Å². The summed E-state index contributed by atoms with van der Waals surface area (Å²) in [5, 5.41) is 22.4. The van der Waals surface area contributed by atoms with Crippen molar-refractivity contribution < 1.29 is 19.8 Å². The molecule has 102 valence electrons. The van der Waals surface area contributed by atoms with Crippen LogP contribution in [-0.4, -0.2) is 41.4 Å². The lowest BCUT2D eigenvalue weighted by Crippen LogP contribution is -2.46. The van der Waals surface area contributed by atoms with E-state index in [1.54, 1.807) is 0 Å². The van der Waals surface area contributed by atoms with Gasteiger partial charge in [0.15, 0.2) is 0 Å². The Hall–Kier alpha value is -1.56. The molecule has 0 fully saturated rings. The van der Waals surface area contributed by atoms with Crippen LogP contribution in [0.15, 0.2) is 11.6 Å². The molecule has 0 aromatic carbocycles. The van der Waals surface area contributed by atoms with Crippen LogP contribution in [0.1, 0.15) is 32.1 Å². The molecule has 0 aliphatic heterocycles. The van der Waals surface area contributed by atoms with Crippen LogP contribution in [0.3, 0.4) is 0 Å². The molecule has 0 spiro atoms. The molecular weight excluding hydrogens is 236 g/mol. The largest absolute Gasteiger partial charge is 0.480 e. The van der Waals surface area contributed by atoms with E-state index in [0.29, 0.717) is 6.54 Å². The molecule has 2 amide bonds. The number of carboxylic acids is 1. The Bertz CT molecular complexity index is 328. The summed E-state index contributed by atoms with van der Waals surface area (Å²) in [4.78, 5) is 22.2. The van der Waals surface area contributed by atoms with Crippen molar-refractivity contribution >= 4 is 12.0 Å². The molecule has 4 N–H and O–H groups in total. The van der Waals surface area contributed by atoms with Crippen LogP contribution in [0.2, 0.25) is 0 Å². The summed E-state index contributed by atoms with van der Waals surface area (Å²) in [6.07, 6.45) is 6.38. The number of amides is 2. The number of allylic oxidation sites excluding steroid dienone is 1. The molecule has 0 radical (unpaired) electrons. The Balaban J connectivity index is 2.20. The van der Waals surface area contributed by atoms with E-state index in [1.807, 2.05) is 0 Å². The van der Waals surface area contributed by atoms with Gasteiger partial charge in [-0.15, -0.1) is 0 Å². The normalized spacial score (nSPS) is 15.9. The number of carbonyl (C=O) groups excluding carboxylic acids is 1. The number of rotatable bonds is 7. The molecule has 18 heavy (non-hydrogen) atoms. The molecule has 1 atom stereocenters. The van der Waals surface area contributed by atoms with Crippen LogP contribution >= 0.6 is 0 Å². The Morgan fingerprint density at radius 1 is 1.44 bits per heavy atom. The van der Waals surface area contributed by atoms with Gasteiger partial charge in [0.1, 0.15) is 6.04 Å². The first-order valence-corrected chi connectivity index (χ1v) is 6.19. The van der Waals surface area contributed by atoms with Crippen molar-refractivity contribution in [1.29, 1.82) is 0 Å². The van der Waals surface area contributed by atoms with E-state index in [-0.39, 0.29) is 13.0 Å². The highest BCUT2D eigenvalue weighted by Crippen LogP contribution is 2.19. The van der Waals surface area contributed by atoms with Crippen molar-refractivity contribution in [1.82, 2.24) is 10.6 Å². The van der Waals surface area contributed by atoms with Crippen molar-refractivity contribution in [2.75, 3.05) is 13.2 Å². The van der Waals surface area contributed by atoms with E-state index in [2.05, 4.69) is 16.7 Å². The third-order valence-electron chi connectivity index (χ3n) is 2.89. The molecule has 0 aromatic rings. The molecule has 0 bridgehead atoms. The number of aliphatic carboxylic acids is 1. The summed E-state index contributed by atoms with van der Waals surface area (Å²) in [7, 11) is 0. The van der Waals surface area contributed by atoms with Crippen molar-refractivity contribution in [2.45, 2.75) is 38.1 Å². The average molecular weight is 256 g/mol. The number of aliphatic hydroxyl groups is 1. The highest BCUT2D eigenvalue weighted by molar-refractivity contribution is 5.82. The van der Waals surface area contributed by atoms with Crippen LogP contribution in [0, 0.1) is 0 Å². The number of aliphatic hydroxyl groups excluding tert-OH is 1. The first-order chi connectivity index (χ1) is 8.63. The second-order valence-corrected chi connectivity index (χ2v) is 4.31. The van der Waals surface area contributed by atoms with E-state index in [4.69, 9.17) is 10.2 Å². The third-order valence-corrected chi connectivity index (χ3v) is 2.89. The van der Waals surface area contributed by atoms with Gasteiger partial charge in [-0.25, -0.2) is 9.59 Å². The fourth-order valence-electron chi connectivity index (χ4n) is 1.90. The van der Waals surface area contributed by atoms with Gasteiger partial charge in [0.05, 0.1) is 0 Å². The van der Waals surface area contributed by atoms with Gasteiger partial charge >= 0.3 is 12.0 Å². The van der Waals surface area contributed by atoms with Crippen molar-refractivity contribution in [3.8, 4) is 0 Å². The lowest BCUT2D eigenvalue weighted by Gasteiger charge is -2.14. The van der Waals surface area contributed by atoms with Crippen LogP contribution in [0.4, 0.5) is 4.79 Å². The maximum Gasteiger partial charge on any atom is 0.326 e. The average Bonchev–Trinajstić information content (AvgIpc) is 2.81. The SMILES string of the molecule is O=C(NCCC1=CCCC1)N[C@@H](CCO)C(=O)O. The minimum atomic E-state index is -1.14. The molecule has 0 saturated carbocycles. The number of urea groups is 1. The maximum atomic E-state index is 11.4. The number of nitrogens with one attached hydrogen (secondary N) is 2. The van der Waals surface area contributed by atoms with Gasteiger partial charge in [-0.05, 0) is 25.7 Å². The fraction of sp³-hybridized carbons (Fsp3) is 0.667. The molecule has 1 rings (SSSR count). The molecule has 1 aliphatic rings. The van der Waals surface area contributed by atoms with E-state index in [1.165, 1.54) is 12.0 Å². The van der Waals surface area contributed by atoms with E-state index in [0.717, 1.165) is 19.3 Å². The lowest BCUT2D eigenvalue weighted by atomic mass is 10.2. The van der Waals surface area contributed by atoms with Crippen LogP contribution < -0.4 is 10.6 Å². The number of hydrogen-bond donors (Lipinski definition) is 4. The molecule has 0 unspecified atom stereocenters. The molecule has 1 aliphatic carbocycles. The van der Waals surface area contributed by atoms with E-state index >= 15 is 0 Å². The Morgan fingerprint density at radius 3 is 2.78 bits per heavy atom. The second kappa shape index (κ2) is 7.71. The quantitative estimate of drug-likeness (QED) is 0.502. The van der Waals surface area contributed by atoms with Gasteiger partial charge in [-0.1, -0.05) is 11.6 Å². The highest BCUT2D eigenvalue weighted by atomic mass is 16.4. The minimum absolute atomic E-state index is 0.00784. The summed E-state index contributed by atoms with van der Waals surface area (Å²) in [5.74, 6) is -1.14. The molecule has 0 heterocycles. The minimum Gasteiger partial charge on any atom is -0.480 e. The van der Waals surface area contributed by atoms with Gasteiger partial charge in [0, 0.05) is 19.6 Å². The Morgan fingerprint density at radius 2 is 2.22 bits per heavy atom. The topological polar surface area (TPSA) is 98.7 Å². The Labute approximate surface area is 106 Å². The predicted molar refractivity (Wildman–Crippen MR) is 66.2 cm³/mol. The van der Waals surface area contributed by atoms with Gasteiger partial charge in [-0.2, -0.15) is 0 Å². The lowest BCUT2D eigenvalue weighted by molar-refractivity contribution is -0.139. The fourth-order valence-corrected chi connectivity index (χ4v) is 1.90. The van der Waals surface area contributed by atoms with Crippen molar-refractivity contribution in [2.24, 2.45) is 0 Å². The standard InChI is InChI=1S/C12H20N2O4/c15-8-6-10(11(16)17)14-12(18)13-7-5-9-3-1-2-4-9/h3,10,15H,1-2,4-8H2,(H,16,17)(H2,13,14,18)/t10-/m0/s1. The van der Waals surface area contributed by atoms with Gasteiger partial charge in [-0.3, -0.25) is 0 Å².